The lowest BCUT2D eigenvalue weighted by Crippen LogP contribution is -2.38. The predicted molar refractivity (Wildman–Crippen MR) is 80.1 cm³/mol. The van der Waals surface area contributed by atoms with E-state index in [2.05, 4.69) is 15.9 Å². The van der Waals surface area contributed by atoms with E-state index in [4.69, 9.17) is 21.1 Å². The van der Waals surface area contributed by atoms with Crippen LogP contribution in [-0.2, 0) is 14.3 Å². The van der Waals surface area contributed by atoms with Gasteiger partial charge in [0.1, 0.15) is 17.8 Å². The molecule has 0 bridgehead atoms. The van der Waals surface area contributed by atoms with E-state index in [1.54, 1.807) is 25.1 Å². The van der Waals surface area contributed by atoms with Crippen LogP contribution in [0.2, 0.25) is 5.02 Å². The van der Waals surface area contributed by atoms with Crippen molar-refractivity contribution in [3.8, 4) is 5.75 Å². The van der Waals surface area contributed by atoms with Gasteiger partial charge >= 0.3 is 5.97 Å². The molecule has 0 aromatic heterocycles. The third-order valence-corrected chi connectivity index (χ3v) is 3.52. The minimum Gasteiger partial charge on any atom is -0.484 e. The largest absolute Gasteiger partial charge is 0.484 e. The van der Waals surface area contributed by atoms with Crippen LogP contribution in [0.4, 0.5) is 0 Å². The summed E-state index contributed by atoms with van der Waals surface area (Å²) in [6.07, 6.45) is 0. The first-order chi connectivity index (χ1) is 9.28. The zero-order valence-electron chi connectivity index (χ0n) is 11.5. The van der Waals surface area contributed by atoms with Crippen LogP contribution in [-0.4, -0.2) is 25.0 Å². The van der Waals surface area contributed by atoms with E-state index in [0.717, 1.165) is 4.47 Å². The third-order valence-electron chi connectivity index (χ3n) is 2.74. The molecule has 0 atom stereocenters. The number of hydrogen-bond acceptors (Lipinski definition) is 4. The lowest BCUT2D eigenvalue weighted by atomic mass is 9.88. The Labute approximate surface area is 131 Å². The van der Waals surface area contributed by atoms with Crippen molar-refractivity contribution in [3.63, 3.8) is 0 Å². The standard InChI is InChI=1S/C14H16BrClO4/c1-4-19-13(18)14(2,3)12(17)8-20-11-6-5-9(15)7-10(11)16/h5-7H,4,8H2,1-3H3. The first kappa shape index (κ1) is 17.0. The van der Waals surface area contributed by atoms with Gasteiger partial charge in [0, 0.05) is 4.47 Å². The molecule has 1 aromatic rings. The summed E-state index contributed by atoms with van der Waals surface area (Å²) in [5.74, 6) is -0.534. The summed E-state index contributed by atoms with van der Waals surface area (Å²) in [5, 5.41) is 0.390. The molecule has 0 saturated carbocycles. The summed E-state index contributed by atoms with van der Waals surface area (Å²) in [7, 11) is 0. The summed E-state index contributed by atoms with van der Waals surface area (Å²) < 4.78 is 11.0. The fourth-order valence-electron chi connectivity index (χ4n) is 1.34. The minimum atomic E-state index is -1.24. The number of ether oxygens (including phenoxy) is 2. The molecule has 0 radical (unpaired) electrons. The van der Waals surface area contributed by atoms with Crippen molar-refractivity contribution in [2.45, 2.75) is 20.8 Å². The number of halogens is 2. The minimum absolute atomic E-state index is 0.231. The van der Waals surface area contributed by atoms with Gasteiger partial charge in [-0.3, -0.25) is 9.59 Å². The summed E-state index contributed by atoms with van der Waals surface area (Å²) in [6.45, 7) is 4.71. The molecule has 0 saturated heterocycles. The Morgan fingerprint density at radius 2 is 2.00 bits per heavy atom. The number of carbonyl (C=O) groups is 2. The highest BCUT2D eigenvalue weighted by atomic mass is 79.9. The molecule has 0 spiro atoms. The maximum Gasteiger partial charge on any atom is 0.319 e. The van der Waals surface area contributed by atoms with Crippen molar-refractivity contribution in [2.75, 3.05) is 13.2 Å². The normalized spacial score (nSPS) is 11.1. The molecule has 1 rings (SSSR count). The number of esters is 1. The van der Waals surface area contributed by atoms with Crippen LogP contribution in [0, 0.1) is 5.41 Å². The van der Waals surface area contributed by atoms with Crippen LogP contribution in [0.5, 0.6) is 5.75 Å². The Bertz CT molecular complexity index is 514. The second-order valence-corrected chi connectivity index (χ2v) is 5.95. The van der Waals surface area contributed by atoms with E-state index in [9.17, 15) is 9.59 Å². The fourth-order valence-corrected chi connectivity index (χ4v) is 2.07. The van der Waals surface area contributed by atoms with Gasteiger partial charge in [0.2, 0.25) is 0 Å². The van der Waals surface area contributed by atoms with Crippen LogP contribution in [0.25, 0.3) is 0 Å². The maximum absolute atomic E-state index is 12.1. The number of rotatable bonds is 6. The number of carbonyl (C=O) groups excluding carboxylic acids is 2. The lowest BCUT2D eigenvalue weighted by molar-refractivity contribution is -0.158. The van der Waals surface area contributed by atoms with Gasteiger partial charge < -0.3 is 9.47 Å². The highest BCUT2D eigenvalue weighted by molar-refractivity contribution is 9.10. The number of ketones is 1. The molecule has 0 amide bonds. The van der Waals surface area contributed by atoms with Gasteiger partial charge in [-0.2, -0.15) is 0 Å². The molecule has 0 aliphatic rings. The molecule has 0 N–H and O–H groups in total. The third kappa shape index (κ3) is 4.21. The van der Waals surface area contributed by atoms with Crippen molar-refractivity contribution in [2.24, 2.45) is 5.41 Å². The molecule has 110 valence electrons. The molecular weight excluding hydrogens is 348 g/mol. The van der Waals surface area contributed by atoms with Crippen LogP contribution in [0.1, 0.15) is 20.8 Å². The molecule has 0 fully saturated rings. The predicted octanol–water partition coefficient (Wildman–Crippen LogP) is 3.64. The SMILES string of the molecule is CCOC(=O)C(C)(C)C(=O)COc1ccc(Br)cc1Cl. The van der Waals surface area contributed by atoms with E-state index in [-0.39, 0.29) is 19.0 Å². The van der Waals surface area contributed by atoms with Crippen molar-refractivity contribution in [1.29, 1.82) is 0 Å². The molecule has 0 aliphatic carbocycles. The molecule has 0 unspecified atom stereocenters. The molecule has 4 nitrogen and oxygen atoms in total. The average molecular weight is 364 g/mol. The van der Waals surface area contributed by atoms with Gasteiger partial charge in [0.15, 0.2) is 5.78 Å². The van der Waals surface area contributed by atoms with E-state index in [0.29, 0.717) is 10.8 Å². The number of hydrogen-bond donors (Lipinski definition) is 0. The quantitative estimate of drug-likeness (QED) is 0.572. The maximum atomic E-state index is 12.1. The van der Waals surface area contributed by atoms with Crippen LogP contribution < -0.4 is 4.74 Å². The lowest BCUT2D eigenvalue weighted by Gasteiger charge is -2.20. The second-order valence-electron chi connectivity index (χ2n) is 4.63. The van der Waals surface area contributed by atoms with Gasteiger partial charge in [-0.15, -0.1) is 0 Å². The Kier molecular flexibility index (Phi) is 6.02. The van der Waals surface area contributed by atoms with Gasteiger partial charge in [-0.05, 0) is 39.0 Å². The van der Waals surface area contributed by atoms with Crippen molar-refractivity contribution < 1.29 is 19.1 Å². The zero-order chi connectivity index (χ0) is 15.3. The van der Waals surface area contributed by atoms with E-state index >= 15 is 0 Å². The van der Waals surface area contributed by atoms with Gasteiger partial charge in [0.25, 0.3) is 0 Å². The van der Waals surface area contributed by atoms with Crippen LogP contribution in [0.15, 0.2) is 22.7 Å². The van der Waals surface area contributed by atoms with Crippen molar-refractivity contribution in [1.82, 2.24) is 0 Å². The molecule has 20 heavy (non-hydrogen) atoms. The van der Waals surface area contributed by atoms with E-state index < -0.39 is 11.4 Å². The van der Waals surface area contributed by atoms with Gasteiger partial charge in [-0.1, -0.05) is 27.5 Å². The number of Topliss-reactive ketones (excluding diaryl/α,β-unsaturated/α-hetero) is 1. The van der Waals surface area contributed by atoms with Crippen molar-refractivity contribution >= 4 is 39.3 Å². The highest BCUT2D eigenvalue weighted by Gasteiger charge is 2.37. The Morgan fingerprint density at radius 3 is 2.55 bits per heavy atom. The first-order valence-electron chi connectivity index (χ1n) is 6.07. The summed E-state index contributed by atoms with van der Waals surface area (Å²) >= 11 is 9.26. The smallest absolute Gasteiger partial charge is 0.319 e. The number of benzene rings is 1. The Hall–Kier alpha value is -1.07. The Balaban J connectivity index is 2.69. The Morgan fingerprint density at radius 1 is 1.35 bits per heavy atom. The fraction of sp³-hybridized carbons (Fsp3) is 0.429. The van der Waals surface area contributed by atoms with Crippen molar-refractivity contribution in [3.05, 3.63) is 27.7 Å². The summed E-state index contributed by atoms with van der Waals surface area (Å²) in [6, 6.07) is 5.07. The highest BCUT2D eigenvalue weighted by Crippen LogP contribution is 2.28. The topological polar surface area (TPSA) is 52.6 Å². The average Bonchev–Trinajstić information content (AvgIpc) is 2.37. The van der Waals surface area contributed by atoms with Gasteiger partial charge in [0.05, 0.1) is 11.6 Å². The summed E-state index contributed by atoms with van der Waals surface area (Å²) in [4.78, 5) is 23.8. The second kappa shape index (κ2) is 7.09. The monoisotopic (exact) mass is 362 g/mol. The molecular formula is C14H16BrClO4. The van der Waals surface area contributed by atoms with Gasteiger partial charge in [-0.25, -0.2) is 0 Å². The summed E-state index contributed by atoms with van der Waals surface area (Å²) in [5.41, 5.74) is -1.24. The van der Waals surface area contributed by atoms with Crippen LogP contribution >= 0.6 is 27.5 Å². The first-order valence-corrected chi connectivity index (χ1v) is 7.24. The van der Waals surface area contributed by atoms with Crippen LogP contribution in [0.3, 0.4) is 0 Å². The van der Waals surface area contributed by atoms with E-state index in [1.807, 2.05) is 0 Å². The van der Waals surface area contributed by atoms with E-state index in [1.165, 1.54) is 13.8 Å². The zero-order valence-corrected chi connectivity index (χ0v) is 13.9. The molecule has 1 aromatic carbocycles. The molecule has 6 heteroatoms. The molecule has 0 aliphatic heterocycles. The molecule has 0 heterocycles.